The molecule has 0 bridgehead atoms. The lowest BCUT2D eigenvalue weighted by Gasteiger charge is -2.35. The van der Waals surface area contributed by atoms with Gasteiger partial charge in [0.1, 0.15) is 0 Å². The van der Waals surface area contributed by atoms with Crippen LogP contribution in [0, 0.1) is 6.92 Å². The predicted octanol–water partition coefficient (Wildman–Crippen LogP) is 4.73. The number of amides is 1. The molecule has 4 aromatic rings. The molecule has 0 saturated carbocycles. The number of aryl methyl sites for hydroxylation is 1. The van der Waals surface area contributed by atoms with Gasteiger partial charge in [0.25, 0.3) is 5.91 Å². The van der Waals surface area contributed by atoms with Gasteiger partial charge in [-0.1, -0.05) is 73.7 Å². The second-order valence-corrected chi connectivity index (χ2v) is 9.64. The van der Waals surface area contributed by atoms with Crippen LogP contribution in [-0.4, -0.2) is 52.1 Å². The topological polar surface area (TPSA) is 97.5 Å². The lowest BCUT2D eigenvalue weighted by atomic mass is 10.0. The average molecular weight is 513 g/mol. The number of nitrogens with one attached hydrogen (secondary N) is 3. The number of hydrazine groups is 1. The first kappa shape index (κ1) is 27.1. The number of carboxylic acids is 1. The fraction of sp³-hybridized carbons (Fsp3) is 0.290. The number of nitrogens with zero attached hydrogens (tertiary/aromatic N) is 1. The van der Waals surface area contributed by atoms with E-state index in [-0.39, 0.29) is 24.4 Å². The molecule has 4 rings (SSSR count). The number of para-hydroxylation sites is 1. The van der Waals surface area contributed by atoms with Gasteiger partial charge in [-0.05, 0) is 48.6 Å². The van der Waals surface area contributed by atoms with E-state index in [1.165, 1.54) is 0 Å². The van der Waals surface area contributed by atoms with Crippen molar-refractivity contribution in [2.75, 3.05) is 13.1 Å². The molecule has 0 aliphatic rings. The Hall–Kier alpha value is -3.94. The molecule has 4 N–H and O–H groups in total. The maximum absolute atomic E-state index is 13.0. The lowest BCUT2D eigenvalue weighted by Crippen LogP contribution is -2.55. The van der Waals surface area contributed by atoms with E-state index in [2.05, 4.69) is 38.9 Å². The molecule has 7 heteroatoms. The number of carboxylic acid groups (broad SMARTS) is 1. The Kier molecular flexibility index (Phi) is 9.30. The van der Waals surface area contributed by atoms with Crippen molar-refractivity contribution in [1.29, 1.82) is 0 Å². The monoisotopic (exact) mass is 512 g/mol. The summed E-state index contributed by atoms with van der Waals surface area (Å²) in [6, 6.07) is 25.3. The molecule has 0 unspecified atom stereocenters. The van der Waals surface area contributed by atoms with Crippen molar-refractivity contribution < 1.29 is 14.7 Å². The lowest BCUT2D eigenvalue weighted by molar-refractivity contribution is -0.138. The maximum atomic E-state index is 13.0. The predicted molar refractivity (Wildman–Crippen MR) is 151 cm³/mol. The van der Waals surface area contributed by atoms with Crippen molar-refractivity contribution in [3.8, 4) is 0 Å². The second kappa shape index (κ2) is 13.0. The standard InChI is InChI=1S/C31H36N4O3/c1-3-35(34-25(19-30(36)37)18-24-20-32-29-16-10-9-15-28(24)29)26(17-23-12-5-4-6-13-23)21-33-31(38)27-14-8-7-11-22(27)2/h4-16,20,25-26,32,34H,3,17-19,21H2,1-2H3,(H,33,38)(H,36,37)/t25-,26-/m0/s1. The first-order chi connectivity index (χ1) is 18.4. The van der Waals surface area contributed by atoms with Crippen molar-refractivity contribution >= 4 is 22.8 Å². The smallest absolute Gasteiger partial charge is 0.304 e. The number of rotatable bonds is 13. The summed E-state index contributed by atoms with van der Waals surface area (Å²) in [6.45, 7) is 5.02. The second-order valence-electron chi connectivity index (χ2n) is 9.64. The minimum Gasteiger partial charge on any atom is -0.481 e. The Balaban J connectivity index is 1.54. The first-order valence-corrected chi connectivity index (χ1v) is 13.1. The zero-order chi connectivity index (χ0) is 26.9. The summed E-state index contributed by atoms with van der Waals surface area (Å²) in [6.07, 6.45) is 3.19. The van der Waals surface area contributed by atoms with E-state index in [0.717, 1.165) is 27.6 Å². The van der Waals surface area contributed by atoms with Crippen LogP contribution in [0.5, 0.6) is 0 Å². The van der Waals surface area contributed by atoms with Crippen LogP contribution in [0.4, 0.5) is 0 Å². The Morgan fingerprint density at radius 2 is 1.66 bits per heavy atom. The van der Waals surface area contributed by atoms with E-state index in [1.807, 2.05) is 80.7 Å². The van der Waals surface area contributed by atoms with Crippen molar-refractivity contribution in [3.05, 3.63) is 107 Å². The summed E-state index contributed by atoms with van der Waals surface area (Å²) >= 11 is 0. The molecule has 198 valence electrons. The molecule has 3 aromatic carbocycles. The summed E-state index contributed by atoms with van der Waals surface area (Å²) in [5.41, 5.74) is 8.36. The van der Waals surface area contributed by atoms with Crippen LogP contribution in [0.2, 0.25) is 0 Å². The molecule has 1 amide bonds. The normalized spacial score (nSPS) is 12.9. The van der Waals surface area contributed by atoms with Crippen LogP contribution in [0.1, 0.15) is 40.4 Å². The van der Waals surface area contributed by atoms with Gasteiger partial charge in [0.05, 0.1) is 6.42 Å². The van der Waals surface area contributed by atoms with Gasteiger partial charge >= 0.3 is 5.97 Å². The third-order valence-corrected chi connectivity index (χ3v) is 6.89. The highest BCUT2D eigenvalue weighted by molar-refractivity contribution is 5.95. The minimum atomic E-state index is -0.856. The zero-order valence-corrected chi connectivity index (χ0v) is 22.0. The number of aromatic amines is 1. The maximum Gasteiger partial charge on any atom is 0.304 e. The molecule has 0 aliphatic heterocycles. The van der Waals surface area contributed by atoms with Crippen LogP contribution in [0.25, 0.3) is 10.9 Å². The Morgan fingerprint density at radius 3 is 2.39 bits per heavy atom. The highest BCUT2D eigenvalue weighted by Gasteiger charge is 2.24. The number of carbonyl (C=O) groups excluding carboxylic acids is 1. The van der Waals surface area contributed by atoms with E-state index in [1.54, 1.807) is 0 Å². The van der Waals surface area contributed by atoms with Crippen LogP contribution >= 0.6 is 0 Å². The molecular weight excluding hydrogens is 476 g/mol. The van der Waals surface area contributed by atoms with Crippen molar-refractivity contribution in [3.63, 3.8) is 0 Å². The molecule has 0 fully saturated rings. The minimum absolute atomic E-state index is 0.0242. The molecule has 1 aromatic heterocycles. The SMILES string of the molecule is CCN(N[C@H](CC(=O)O)Cc1c[nH]c2ccccc12)[C@H](CNC(=O)c1ccccc1C)Cc1ccccc1. The summed E-state index contributed by atoms with van der Waals surface area (Å²) in [7, 11) is 0. The van der Waals surface area contributed by atoms with Crippen molar-refractivity contribution in [2.45, 2.75) is 45.2 Å². The van der Waals surface area contributed by atoms with Gasteiger partial charge < -0.3 is 15.4 Å². The highest BCUT2D eigenvalue weighted by atomic mass is 16.4. The number of H-pyrrole nitrogens is 1. The van der Waals surface area contributed by atoms with Gasteiger partial charge in [0, 0.05) is 47.8 Å². The summed E-state index contributed by atoms with van der Waals surface area (Å²) in [5.74, 6) is -0.969. The van der Waals surface area contributed by atoms with Gasteiger partial charge in [-0.3, -0.25) is 15.0 Å². The molecule has 1 heterocycles. The number of aromatic nitrogens is 1. The van der Waals surface area contributed by atoms with Crippen LogP contribution in [0.15, 0.2) is 85.1 Å². The number of aliphatic carboxylic acids is 1. The van der Waals surface area contributed by atoms with E-state index >= 15 is 0 Å². The molecule has 0 aliphatic carbocycles. The molecule has 7 nitrogen and oxygen atoms in total. The third kappa shape index (κ3) is 7.09. The van der Waals surface area contributed by atoms with Crippen LogP contribution < -0.4 is 10.7 Å². The number of benzene rings is 3. The van der Waals surface area contributed by atoms with Crippen molar-refractivity contribution in [2.24, 2.45) is 0 Å². The van der Waals surface area contributed by atoms with Crippen LogP contribution in [0.3, 0.4) is 0 Å². The van der Waals surface area contributed by atoms with Gasteiger partial charge in [-0.2, -0.15) is 0 Å². The molecule has 38 heavy (non-hydrogen) atoms. The quantitative estimate of drug-likeness (QED) is 0.194. The number of hydrogen-bond acceptors (Lipinski definition) is 4. The molecule has 0 radical (unpaired) electrons. The first-order valence-electron chi connectivity index (χ1n) is 13.1. The Bertz CT molecular complexity index is 1350. The Morgan fingerprint density at radius 1 is 0.947 bits per heavy atom. The fourth-order valence-corrected chi connectivity index (χ4v) is 4.94. The molecule has 0 saturated heterocycles. The summed E-state index contributed by atoms with van der Waals surface area (Å²) < 4.78 is 0. The fourth-order valence-electron chi connectivity index (χ4n) is 4.94. The summed E-state index contributed by atoms with van der Waals surface area (Å²) in [5, 5.41) is 16.0. The largest absolute Gasteiger partial charge is 0.481 e. The number of hydrogen-bond donors (Lipinski definition) is 4. The Labute approximate surface area is 223 Å². The van der Waals surface area contributed by atoms with E-state index in [0.29, 0.717) is 31.5 Å². The van der Waals surface area contributed by atoms with E-state index < -0.39 is 5.97 Å². The van der Waals surface area contributed by atoms with Gasteiger partial charge in [0.2, 0.25) is 0 Å². The van der Waals surface area contributed by atoms with E-state index in [9.17, 15) is 14.7 Å². The van der Waals surface area contributed by atoms with Crippen LogP contribution in [-0.2, 0) is 17.6 Å². The van der Waals surface area contributed by atoms with Crippen molar-refractivity contribution in [1.82, 2.24) is 20.7 Å². The number of carbonyl (C=O) groups is 2. The highest BCUT2D eigenvalue weighted by Crippen LogP contribution is 2.20. The molecule has 0 spiro atoms. The zero-order valence-electron chi connectivity index (χ0n) is 22.0. The van der Waals surface area contributed by atoms with Gasteiger partial charge in [-0.15, -0.1) is 0 Å². The number of fused-ring (bicyclic) bond motifs is 1. The molecular formula is C31H36N4O3. The van der Waals surface area contributed by atoms with Gasteiger partial charge in [-0.25, -0.2) is 5.01 Å². The average Bonchev–Trinajstić information content (AvgIpc) is 3.32. The molecule has 2 atom stereocenters. The third-order valence-electron chi connectivity index (χ3n) is 6.89. The summed E-state index contributed by atoms with van der Waals surface area (Å²) in [4.78, 5) is 28.1. The van der Waals surface area contributed by atoms with Gasteiger partial charge in [0.15, 0.2) is 0 Å². The number of likely N-dealkylation sites (N-methyl/N-ethyl adjacent to an activating group) is 1. The van der Waals surface area contributed by atoms with E-state index in [4.69, 9.17) is 0 Å².